The maximum absolute atomic E-state index is 10.9. The highest BCUT2D eigenvalue weighted by Crippen LogP contribution is 2.14. The average Bonchev–Trinajstić information content (AvgIpc) is 2.28. The highest BCUT2D eigenvalue weighted by molar-refractivity contribution is 5.73. The van der Waals surface area contributed by atoms with Gasteiger partial charge in [0.25, 0.3) is 0 Å². The molecule has 18 heavy (non-hydrogen) atoms. The van der Waals surface area contributed by atoms with Crippen LogP contribution in [0.1, 0.15) is 19.4 Å². The largest absolute Gasteiger partial charge is 0.480 e. The van der Waals surface area contributed by atoms with Gasteiger partial charge >= 0.3 is 5.97 Å². The lowest BCUT2D eigenvalue weighted by atomic mass is 10.2. The van der Waals surface area contributed by atoms with Crippen LogP contribution in [-0.2, 0) is 9.53 Å². The fraction of sp³-hybridized carbons (Fsp3) is 0.500. The predicted molar refractivity (Wildman–Crippen MR) is 72.1 cm³/mol. The van der Waals surface area contributed by atoms with Crippen molar-refractivity contribution in [3.63, 3.8) is 0 Å². The second kappa shape index (κ2) is 7.01. The molecule has 0 saturated carbocycles. The van der Waals surface area contributed by atoms with Crippen molar-refractivity contribution < 1.29 is 14.6 Å². The minimum atomic E-state index is -0.833. The van der Waals surface area contributed by atoms with E-state index in [1.165, 1.54) is 0 Å². The van der Waals surface area contributed by atoms with Crippen molar-refractivity contribution in [2.45, 2.75) is 26.9 Å². The molecule has 4 nitrogen and oxygen atoms in total. The lowest BCUT2D eigenvalue weighted by molar-refractivity contribution is -0.135. The molecule has 1 rings (SSSR count). The zero-order valence-electron chi connectivity index (χ0n) is 11.2. The highest BCUT2D eigenvalue weighted by atomic mass is 16.5. The zero-order valence-corrected chi connectivity index (χ0v) is 11.2. The Morgan fingerprint density at radius 1 is 1.33 bits per heavy atom. The SMILES string of the molecule is Cc1ccc(N(CCOC(C)C)CC(=O)O)cc1. The number of nitrogens with zero attached hydrogens (tertiary/aromatic N) is 1. The summed E-state index contributed by atoms with van der Waals surface area (Å²) in [6.07, 6.45) is 0.162. The summed E-state index contributed by atoms with van der Waals surface area (Å²) in [5.41, 5.74) is 2.07. The van der Waals surface area contributed by atoms with Gasteiger partial charge in [0.05, 0.1) is 12.7 Å². The van der Waals surface area contributed by atoms with E-state index in [0.29, 0.717) is 13.2 Å². The topological polar surface area (TPSA) is 49.8 Å². The zero-order chi connectivity index (χ0) is 13.5. The fourth-order valence-corrected chi connectivity index (χ4v) is 1.62. The molecule has 0 heterocycles. The predicted octanol–water partition coefficient (Wildman–Crippen LogP) is 2.31. The van der Waals surface area contributed by atoms with Gasteiger partial charge in [-0.1, -0.05) is 17.7 Å². The van der Waals surface area contributed by atoms with E-state index in [0.717, 1.165) is 11.3 Å². The van der Waals surface area contributed by atoms with E-state index in [9.17, 15) is 4.79 Å². The number of ether oxygens (including phenoxy) is 1. The van der Waals surface area contributed by atoms with Gasteiger partial charge in [0.2, 0.25) is 0 Å². The van der Waals surface area contributed by atoms with Gasteiger partial charge in [-0.25, -0.2) is 0 Å². The maximum Gasteiger partial charge on any atom is 0.323 e. The fourth-order valence-electron chi connectivity index (χ4n) is 1.62. The molecule has 1 aromatic carbocycles. The monoisotopic (exact) mass is 251 g/mol. The van der Waals surface area contributed by atoms with Crippen molar-refractivity contribution in [1.82, 2.24) is 0 Å². The van der Waals surface area contributed by atoms with Gasteiger partial charge in [0.15, 0.2) is 0 Å². The minimum absolute atomic E-state index is 0.00941. The van der Waals surface area contributed by atoms with Crippen molar-refractivity contribution in [3.8, 4) is 0 Å². The first kappa shape index (κ1) is 14.5. The molecule has 0 aliphatic rings. The third-order valence-electron chi connectivity index (χ3n) is 2.54. The summed E-state index contributed by atoms with van der Waals surface area (Å²) in [4.78, 5) is 12.7. The molecule has 0 amide bonds. The number of aryl methyl sites for hydroxylation is 1. The molecule has 1 N–H and O–H groups in total. The lowest BCUT2D eigenvalue weighted by Crippen LogP contribution is -2.33. The summed E-state index contributed by atoms with van der Waals surface area (Å²) in [7, 11) is 0. The Bertz CT molecular complexity index is 373. The number of carboxylic acids is 1. The van der Waals surface area contributed by atoms with E-state index < -0.39 is 5.97 Å². The van der Waals surface area contributed by atoms with Gasteiger partial charge in [0.1, 0.15) is 6.54 Å². The third kappa shape index (κ3) is 5.19. The Hall–Kier alpha value is -1.55. The molecular weight excluding hydrogens is 230 g/mol. The van der Waals surface area contributed by atoms with Crippen molar-refractivity contribution in [2.24, 2.45) is 0 Å². The van der Waals surface area contributed by atoms with Crippen molar-refractivity contribution in [1.29, 1.82) is 0 Å². The summed E-state index contributed by atoms with van der Waals surface area (Å²) in [5.74, 6) is -0.833. The molecule has 0 saturated heterocycles. The molecule has 0 aliphatic heterocycles. The molecule has 0 atom stereocenters. The number of carboxylic acid groups (broad SMARTS) is 1. The Labute approximate surface area is 108 Å². The van der Waals surface area contributed by atoms with Crippen LogP contribution in [0.3, 0.4) is 0 Å². The van der Waals surface area contributed by atoms with Gasteiger partial charge in [-0.3, -0.25) is 4.79 Å². The summed E-state index contributed by atoms with van der Waals surface area (Å²) >= 11 is 0. The molecule has 0 aromatic heterocycles. The first-order chi connectivity index (χ1) is 8.49. The number of aliphatic carboxylic acids is 1. The van der Waals surface area contributed by atoms with Crippen LogP contribution >= 0.6 is 0 Å². The van der Waals surface area contributed by atoms with Gasteiger partial charge in [-0.2, -0.15) is 0 Å². The third-order valence-corrected chi connectivity index (χ3v) is 2.54. The number of benzene rings is 1. The van der Waals surface area contributed by atoms with Crippen molar-refractivity contribution in [2.75, 3.05) is 24.6 Å². The summed E-state index contributed by atoms with van der Waals surface area (Å²) < 4.78 is 5.46. The summed E-state index contributed by atoms with van der Waals surface area (Å²) in [6, 6.07) is 7.84. The first-order valence-electron chi connectivity index (χ1n) is 6.14. The second-order valence-corrected chi connectivity index (χ2v) is 4.57. The Kier molecular flexibility index (Phi) is 5.65. The molecule has 0 fully saturated rings. The molecule has 0 bridgehead atoms. The van der Waals surface area contributed by atoms with Crippen LogP contribution in [0.15, 0.2) is 24.3 Å². The van der Waals surface area contributed by atoms with Crippen LogP contribution in [0.5, 0.6) is 0 Å². The molecule has 1 aromatic rings. The van der Waals surface area contributed by atoms with E-state index in [2.05, 4.69) is 0 Å². The van der Waals surface area contributed by atoms with E-state index >= 15 is 0 Å². The maximum atomic E-state index is 10.9. The Morgan fingerprint density at radius 3 is 2.44 bits per heavy atom. The summed E-state index contributed by atoms with van der Waals surface area (Å²) in [5, 5.41) is 8.93. The highest BCUT2D eigenvalue weighted by Gasteiger charge is 2.10. The van der Waals surface area contributed by atoms with E-state index in [4.69, 9.17) is 9.84 Å². The van der Waals surface area contributed by atoms with Gasteiger partial charge in [-0.05, 0) is 32.9 Å². The van der Waals surface area contributed by atoms with Gasteiger partial charge in [0, 0.05) is 12.2 Å². The van der Waals surface area contributed by atoms with E-state index in [-0.39, 0.29) is 12.6 Å². The van der Waals surface area contributed by atoms with Crippen LogP contribution < -0.4 is 4.90 Å². The van der Waals surface area contributed by atoms with Crippen LogP contribution in [0.2, 0.25) is 0 Å². The normalized spacial score (nSPS) is 10.7. The average molecular weight is 251 g/mol. The van der Waals surface area contributed by atoms with Crippen LogP contribution in [0.4, 0.5) is 5.69 Å². The number of hydrogen-bond donors (Lipinski definition) is 1. The molecule has 0 spiro atoms. The summed E-state index contributed by atoms with van der Waals surface area (Å²) in [6.45, 7) is 7.03. The molecular formula is C14H21NO3. The van der Waals surface area contributed by atoms with Gasteiger partial charge < -0.3 is 14.7 Å². The Balaban J connectivity index is 2.65. The van der Waals surface area contributed by atoms with Gasteiger partial charge in [-0.15, -0.1) is 0 Å². The standard InChI is InChI=1S/C14H21NO3/c1-11(2)18-9-8-15(10-14(16)17)13-6-4-12(3)5-7-13/h4-7,11H,8-10H2,1-3H3,(H,16,17). The molecule has 4 heteroatoms. The molecule has 0 unspecified atom stereocenters. The number of rotatable bonds is 7. The first-order valence-corrected chi connectivity index (χ1v) is 6.14. The number of hydrogen-bond acceptors (Lipinski definition) is 3. The molecule has 0 radical (unpaired) electrons. The van der Waals surface area contributed by atoms with Crippen molar-refractivity contribution in [3.05, 3.63) is 29.8 Å². The Morgan fingerprint density at radius 2 is 1.94 bits per heavy atom. The van der Waals surface area contributed by atoms with Crippen LogP contribution in [-0.4, -0.2) is 36.9 Å². The molecule has 0 aliphatic carbocycles. The smallest absolute Gasteiger partial charge is 0.323 e. The quantitative estimate of drug-likeness (QED) is 0.808. The van der Waals surface area contributed by atoms with E-state index in [1.54, 1.807) is 0 Å². The minimum Gasteiger partial charge on any atom is -0.480 e. The lowest BCUT2D eigenvalue weighted by Gasteiger charge is -2.23. The number of carbonyl (C=O) groups is 1. The molecule has 100 valence electrons. The van der Waals surface area contributed by atoms with Crippen molar-refractivity contribution >= 4 is 11.7 Å². The second-order valence-electron chi connectivity index (χ2n) is 4.57. The van der Waals surface area contributed by atoms with Crippen LogP contribution in [0.25, 0.3) is 0 Å². The van der Waals surface area contributed by atoms with E-state index in [1.807, 2.05) is 49.9 Å². The number of anilines is 1. The van der Waals surface area contributed by atoms with Crippen LogP contribution in [0, 0.1) is 6.92 Å².